The zero-order valence-corrected chi connectivity index (χ0v) is 24.1. The van der Waals surface area contributed by atoms with Gasteiger partial charge in [-0.25, -0.2) is 4.79 Å². The van der Waals surface area contributed by atoms with Crippen molar-refractivity contribution in [2.75, 3.05) is 13.2 Å². The van der Waals surface area contributed by atoms with Gasteiger partial charge >= 0.3 is 17.9 Å². The predicted octanol–water partition coefficient (Wildman–Crippen LogP) is 1.81. The number of ether oxygens (including phenoxy) is 2. The van der Waals surface area contributed by atoms with Crippen LogP contribution in [0.2, 0.25) is 0 Å². The van der Waals surface area contributed by atoms with Crippen LogP contribution in [-0.4, -0.2) is 81.0 Å². The lowest BCUT2D eigenvalue weighted by molar-refractivity contribution is -0.160. The fourth-order valence-corrected chi connectivity index (χ4v) is 4.11. The molecule has 1 aliphatic rings. The number of benzene rings is 3. The number of rotatable bonds is 12. The summed E-state index contributed by atoms with van der Waals surface area (Å²) in [5.41, 5.74) is 5.48. The van der Waals surface area contributed by atoms with Gasteiger partial charge in [0.15, 0.2) is 11.8 Å². The summed E-state index contributed by atoms with van der Waals surface area (Å²) in [5, 5.41) is 33.3. The second-order valence-corrected chi connectivity index (χ2v) is 9.63. The number of aliphatic carboxylic acids is 2. The molecule has 0 bridgehead atoms. The second kappa shape index (κ2) is 16.2. The van der Waals surface area contributed by atoms with E-state index in [0.29, 0.717) is 5.75 Å². The molecule has 3 aromatic carbocycles. The number of esters is 1. The average molecular weight is 621 g/mol. The van der Waals surface area contributed by atoms with Crippen LogP contribution >= 0.6 is 0 Å². The molecule has 2 amide bonds. The van der Waals surface area contributed by atoms with E-state index in [1.54, 1.807) is 0 Å². The van der Waals surface area contributed by atoms with Crippen LogP contribution in [0.4, 0.5) is 0 Å². The van der Waals surface area contributed by atoms with Gasteiger partial charge in [0, 0.05) is 18.9 Å². The number of nitrogens with two attached hydrogens (primary N) is 1. The Bertz CT molecular complexity index is 1480. The minimum atomic E-state index is -1.33. The van der Waals surface area contributed by atoms with E-state index in [-0.39, 0.29) is 36.4 Å². The highest BCUT2D eigenvalue weighted by Crippen LogP contribution is 2.29. The monoisotopic (exact) mass is 620 g/mol. The van der Waals surface area contributed by atoms with E-state index in [0.717, 1.165) is 4.90 Å². The number of hydrogen-bond acceptors (Lipinski definition) is 10. The lowest BCUT2D eigenvalue weighted by atomic mass is 9.97. The molecule has 0 saturated carbocycles. The van der Waals surface area contributed by atoms with Crippen molar-refractivity contribution < 1.29 is 48.9 Å². The summed E-state index contributed by atoms with van der Waals surface area (Å²) < 4.78 is 10.3. The van der Waals surface area contributed by atoms with Gasteiger partial charge in [0.25, 0.3) is 5.91 Å². The highest BCUT2D eigenvalue weighted by molar-refractivity contribution is 6.45. The Labute approximate surface area is 257 Å². The predicted molar refractivity (Wildman–Crippen MR) is 159 cm³/mol. The lowest BCUT2D eigenvalue weighted by Crippen LogP contribution is -2.66. The minimum Gasteiger partial charge on any atom is -0.494 e. The first-order valence-corrected chi connectivity index (χ1v) is 13.6. The van der Waals surface area contributed by atoms with Crippen molar-refractivity contribution in [3.05, 3.63) is 96.1 Å². The Balaban J connectivity index is 0.000000821. The summed E-state index contributed by atoms with van der Waals surface area (Å²) in [6.07, 6.45) is 0.0810. The van der Waals surface area contributed by atoms with Crippen LogP contribution in [0.15, 0.2) is 90.1 Å². The molecule has 0 spiro atoms. The molecule has 1 heterocycles. The highest BCUT2D eigenvalue weighted by atomic mass is 16.5. The first-order valence-electron chi connectivity index (χ1n) is 13.6. The zero-order valence-electron chi connectivity index (χ0n) is 24.1. The molecule has 3 atom stereocenters. The summed E-state index contributed by atoms with van der Waals surface area (Å²) in [6.45, 7) is 1.15. The average Bonchev–Trinajstić information content (AvgIpc) is 3.02. The number of carbonyl (C=O) groups excluding carboxylic acids is 3. The topological polar surface area (TPSA) is 218 Å². The van der Waals surface area contributed by atoms with E-state index in [1.807, 2.05) is 36.4 Å². The number of nitrogens with zero attached hydrogens (tertiary/aromatic N) is 2. The number of carbonyl (C=O) groups is 5. The Hall–Kier alpha value is -5.76. The largest absolute Gasteiger partial charge is 0.494 e. The fraction of sp³-hybridized carbons (Fsp3) is 0.226. The molecule has 0 radical (unpaired) electrons. The molecule has 14 nitrogen and oxygen atoms in total. The number of carboxylic acid groups (broad SMARTS) is 2. The summed E-state index contributed by atoms with van der Waals surface area (Å²) in [6, 6.07) is 20.0. The van der Waals surface area contributed by atoms with Gasteiger partial charge in [-0.3, -0.25) is 19.2 Å². The molecule has 1 fully saturated rings. The van der Waals surface area contributed by atoms with Crippen LogP contribution in [-0.2, 0) is 24.0 Å². The van der Waals surface area contributed by atoms with E-state index >= 15 is 0 Å². The summed E-state index contributed by atoms with van der Waals surface area (Å²) in [5.74, 6) is -3.92. The first kappa shape index (κ1) is 33.7. The van der Waals surface area contributed by atoms with Crippen LogP contribution in [0.25, 0.3) is 0 Å². The van der Waals surface area contributed by atoms with Crippen molar-refractivity contribution in [3.63, 3.8) is 0 Å². The van der Waals surface area contributed by atoms with Gasteiger partial charge in [-0.05, 0) is 42.0 Å². The standard InChI is InChI=1S/C25H26N4O10.C6H6/c1-13(30)39-17-8-4-15(5-9-17)21(25(35)36)29-12-19(23(29)32)27-22(31)20(28-37)14-2-6-16(7-3-14)38-11-10-18(26)24(33)34;1-2-4-6-5-3-1/h2-9,18-19,21,37H,10-12,26H2,1H3,(H,27,31)(H,33,34)(H,35,36);1-6H. The number of carboxylic acids is 2. The maximum Gasteiger partial charge on any atom is 0.331 e. The molecule has 1 aliphatic heterocycles. The molecule has 3 aromatic rings. The quantitative estimate of drug-likeness (QED) is 0.0491. The van der Waals surface area contributed by atoms with Gasteiger partial charge in [-0.1, -0.05) is 53.7 Å². The van der Waals surface area contributed by atoms with Crippen LogP contribution in [0.5, 0.6) is 11.5 Å². The number of nitrogens with one attached hydrogen (secondary N) is 1. The van der Waals surface area contributed by atoms with Crippen LogP contribution in [0.3, 0.4) is 0 Å². The van der Waals surface area contributed by atoms with Gasteiger partial charge in [-0.2, -0.15) is 0 Å². The normalized spacial score (nSPS) is 15.3. The van der Waals surface area contributed by atoms with Gasteiger partial charge < -0.3 is 40.8 Å². The molecule has 4 rings (SSSR count). The molecular formula is C31H32N4O10. The number of amides is 2. The van der Waals surface area contributed by atoms with Crippen molar-refractivity contribution in [1.29, 1.82) is 0 Å². The summed E-state index contributed by atoms with van der Waals surface area (Å²) in [4.78, 5) is 60.2. The van der Waals surface area contributed by atoms with E-state index in [1.165, 1.54) is 55.5 Å². The van der Waals surface area contributed by atoms with E-state index in [2.05, 4.69) is 10.5 Å². The molecule has 0 aromatic heterocycles. The number of β-lactam (4-membered cyclic amide) rings is 1. The third-order valence-electron chi connectivity index (χ3n) is 6.39. The zero-order chi connectivity index (χ0) is 32.9. The van der Waals surface area contributed by atoms with Crippen LogP contribution < -0.4 is 20.5 Å². The first-order chi connectivity index (χ1) is 21.5. The van der Waals surface area contributed by atoms with Crippen molar-refractivity contribution in [2.24, 2.45) is 10.9 Å². The smallest absolute Gasteiger partial charge is 0.331 e. The highest BCUT2D eigenvalue weighted by Gasteiger charge is 2.45. The Morgan fingerprint density at radius 3 is 1.96 bits per heavy atom. The summed E-state index contributed by atoms with van der Waals surface area (Å²) >= 11 is 0. The van der Waals surface area contributed by atoms with Crippen molar-refractivity contribution in [2.45, 2.75) is 31.5 Å². The van der Waals surface area contributed by atoms with Gasteiger partial charge in [-0.15, -0.1) is 0 Å². The molecule has 6 N–H and O–H groups in total. The van der Waals surface area contributed by atoms with Crippen molar-refractivity contribution in [1.82, 2.24) is 10.2 Å². The molecule has 0 aliphatic carbocycles. The molecule has 1 saturated heterocycles. The molecule has 14 heteroatoms. The van der Waals surface area contributed by atoms with Crippen LogP contribution in [0.1, 0.15) is 30.5 Å². The number of likely N-dealkylation sites (tertiary alicyclic amines) is 1. The van der Waals surface area contributed by atoms with E-state index in [9.17, 15) is 34.3 Å². The maximum absolute atomic E-state index is 12.7. The van der Waals surface area contributed by atoms with Gasteiger partial charge in [0.1, 0.15) is 23.6 Å². The SMILES string of the molecule is CC(=O)Oc1ccc(C(C(=O)O)N2CC(NC(=O)C(=NO)c3ccc(OCCC(N)C(=O)O)cc3)C2=O)cc1.c1ccccc1. The Morgan fingerprint density at radius 1 is 0.933 bits per heavy atom. The number of hydrogen-bond donors (Lipinski definition) is 5. The molecule has 236 valence electrons. The molecule has 3 unspecified atom stereocenters. The number of oxime groups is 1. The van der Waals surface area contributed by atoms with Crippen LogP contribution in [0, 0.1) is 0 Å². The summed E-state index contributed by atoms with van der Waals surface area (Å²) in [7, 11) is 0. The second-order valence-electron chi connectivity index (χ2n) is 9.63. The van der Waals surface area contributed by atoms with Crippen molar-refractivity contribution >= 4 is 35.4 Å². The van der Waals surface area contributed by atoms with E-state index < -0.39 is 53.6 Å². The lowest BCUT2D eigenvalue weighted by Gasteiger charge is -2.42. The fourth-order valence-electron chi connectivity index (χ4n) is 4.11. The van der Waals surface area contributed by atoms with Gasteiger partial charge in [0.05, 0.1) is 13.2 Å². The third kappa shape index (κ3) is 9.62. The van der Waals surface area contributed by atoms with E-state index in [4.69, 9.17) is 20.3 Å². The minimum absolute atomic E-state index is 0.0439. The Morgan fingerprint density at radius 2 is 1.49 bits per heavy atom. The van der Waals surface area contributed by atoms with Gasteiger partial charge in [0.2, 0.25) is 5.91 Å². The van der Waals surface area contributed by atoms with Crippen molar-refractivity contribution in [3.8, 4) is 11.5 Å². The molecular weight excluding hydrogens is 588 g/mol. The Kier molecular flexibility index (Phi) is 12.1. The molecule has 45 heavy (non-hydrogen) atoms. The third-order valence-corrected chi connectivity index (χ3v) is 6.39. The maximum atomic E-state index is 12.7.